The van der Waals surface area contributed by atoms with Gasteiger partial charge in [-0.2, -0.15) is 0 Å². The van der Waals surface area contributed by atoms with Crippen LogP contribution in [-0.4, -0.2) is 30.1 Å². The topological polar surface area (TPSA) is 81.0 Å². The van der Waals surface area contributed by atoms with Crippen molar-refractivity contribution >= 4 is 34.5 Å². The predicted octanol–water partition coefficient (Wildman–Crippen LogP) is 2.31. The van der Waals surface area contributed by atoms with Crippen LogP contribution in [0.25, 0.3) is 5.57 Å². The van der Waals surface area contributed by atoms with E-state index in [9.17, 15) is 14.4 Å². The lowest BCUT2D eigenvalue weighted by molar-refractivity contribution is -0.138. The molecule has 3 aromatic rings. The number of likely N-dealkylation sites (N-methyl/N-ethyl adjacent to an activating group) is 1. The van der Waals surface area contributed by atoms with Crippen LogP contribution in [0.4, 0.5) is 5.69 Å². The molecule has 0 radical (unpaired) electrons. The fourth-order valence-corrected chi connectivity index (χ4v) is 5.52. The van der Waals surface area contributed by atoms with E-state index in [0.717, 1.165) is 22.6 Å². The quantitative estimate of drug-likeness (QED) is 0.432. The van der Waals surface area contributed by atoms with Crippen molar-refractivity contribution in [2.24, 2.45) is 4.99 Å². The highest BCUT2D eigenvalue weighted by Crippen LogP contribution is 2.34. The van der Waals surface area contributed by atoms with E-state index in [-0.39, 0.29) is 23.6 Å². The van der Waals surface area contributed by atoms with E-state index >= 15 is 0 Å². The molecule has 1 amide bonds. The molecule has 0 saturated carbocycles. The van der Waals surface area contributed by atoms with Gasteiger partial charge in [-0.3, -0.25) is 14.2 Å². The van der Waals surface area contributed by atoms with Gasteiger partial charge in [0, 0.05) is 12.6 Å². The SMILES string of the molecule is C=CCOC(=O)C1=C(C)N=c2s/c(=C3/C(=O)N(C)c4ccccc43)c(=O)n2[C@H]1c1ccccc1. The normalized spacial score (nSPS) is 18.4. The fraction of sp³-hybridized carbons (Fsp3) is 0.154. The summed E-state index contributed by atoms with van der Waals surface area (Å²) < 4.78 is 7.13. The highest BCUT2D eigenvalue weighted by Gasteiger charge is 2.36. The number of carbonyl (C=O) groups excluding carboxylic acids is 2. The zero-order valence-electron chi connectivity index (χ0n) is 18.6. The van der Waals surface area contributed by atoms with E-state index in [4.69, 9.17) is 4.74 Å². The summed E-state index contributed by atoms with van der Waals surface area (Å²) in [6, 6.07) is 15.9. The molecule has 2 aliphatic rings. The van der Waals surface area contributed by atoms with E-state index in [1.807, 2.05) is 54.6 Å². The molecular formula is C26H21N3O4S. The lowest BCUT2D eigenvalue weighted by Gasteiger charge is -2.24. The Hall–Kier alpha value is -4.04. The summed E-state index contributed by atoms with van der Waals surface area (Å²) in [5, 5.41) is 0. The summed E-state index contributed by atoms with van der Waals surface area (Å²) in [7, 11) is 1.69. The van der Waals surface area contributed by atoms with Crippen LogP contribution in [-0.2, 0) is 14.3 Å². The first-order valence-electron chi connectivity index (χ1n) is 10.7. The van der Waals surface area contributed by atoms with Crippen molar-refractivity contribution in [2.45, 2.75) is 13.0 Å². The number of esters is 1. The Bertz CT molecular complexity index is 1560. The Morgan fingerprint density at radius 3 is 2.59 bits per heavy atom. The molecule has 0 spiro atoms. The maximum atomic E-state index is 13.9. The summed E-state index contributed by atoms with van der Waals surface area (Å²) in [6.45, 7) is 5.37. The molecule has 1 aromatic heterocycles. The van der Waals surface area contributed by atoms with Gasteiger partial charge in [0.15, 0.2) is 4.80 Å². The van der Waals surface area contributed by atoms with E-state index < -0.39 is 12.0 Å². The van der Waals surface area contributed by atoms with Gasteiger partial charge in [-0.25, -0.2) is 9.79 Å². The van der Waals surface area contributed by atoms with E-state index in [2.05, 4.69) is 11.6 Å². The minimum Gasteiger partial charge on any atom is -0.458 e. The van der Waals surface area contributed by atoms with Gasteiger partial charge in [-0.05, 0) is 18.6 Å². The Kier molecular flexibility index (Phi) is 5.37. The third-order valence-corrected chi connectivity index (χ3v) is 7.00. The van der Waals surface area contributed by atoms with Crippen molar-refractivity contribution in [3.8, 4) is 0 Å². The second kappa shape index (κ2) is 8.39. The molecule has 5 rings (SSSR count). The molecule has 0 saturated heterocycles. The van der Waals surface area contributed by atoms with Crippen LogP contribution in [0.3, 0.4) is 0 Å². The molecule has 7 nitrogen and oxygen atoms in total. The van der Waals surface area contributed by atoms with Crippen LogP contribution < -0.4 is 19.8 Å². The number of para-hydroxylation sites is 1. The highest BCUT2D eigenvalue weighted by molar-refractivity contribution is 7.07. The van der Waals surface area contributed by atoms with Crippen LogP contribution in [0.2, 0.25) is 0 Å². The second-order valence-electron chi connectivity index (χ2n) is 7.96. The zero-order valence-corrected chi connectivity index (χ0v) is 19.5. The van der Waals surface area contributed by atoms with Crippen molar-refractivity contribution in [3.05, 3.63) is 109 Å². The van der Waals surface area contributed by atoms with Gasteiger partial charge in [0.2, 0.25) is 0 Å². The Labute approximate surface area is 199 Å². The average Bonchev–Trinajstić information content (AvgIpc) is 3.30. The van der Waals surface area contributed by atoms with E-state index in [0.29, 0.717) is 26.2 Å². The first-order valence-corrected chi connectivity index (χ1v) is 11.5. The molecule has 2 aromatic carbocycles. The molecule has 1 atom stereocenters. The molecule has 3 heterocycles. The van der Waals surface area contributed by atoms with Crippen LogP contribution in [0.15, 0.2) is 88.3 Å². The number of ether oxygens (including phenoxy) is 1. The van der Waals surface area contributed by atoms with Crippen molar-refractivity contribution in [1.82, 2.24) is 4.57 Å². The van der Waals surface area contributed by atoms with Crippen LogP contribution in [0.5, 0.6) is 0 Å². The Balaban J connectivity index is 1.81. The van der Waals surface area contributed by atoms with Crippen molar-refractivity contribution in [1.29, 1.82) is 0 Å². The highest BCUT2D eigenvalue weighted by atomic mass is 32.1. The molecule has 2 aliphatic heterocycles. The first kappa shape index (κ1) is 21.8. The largest absolute Gasteiger partial charge is 0.458 e. The standard InChI is InChI=1S/C26H21N3O4S/c1-4-14-33-25(32)19-15(2)27-26-29(21(19)16-10-6-5-7-11-16)24(31)22(34-26)20-17-12-8-9-13-18(17)28(3)23(20)30/h4-13,21H,1,14H2,2-3H3/b22-20+/t21-/m0/s1. The number of hydrogen-bond donors (Lipinski definition) is 0. The van der Waals surface area contributed by atoms with Gasteiger partial charge in [-0.1, -0.05) is 72.5 Å². The molecule has 8 heteroatoms. The maximum Gasteiger partial charge on any atom is 0.338 e. The molecule has 0 fully saturated rings. The molecule has 0 unspecified atom stereocenters. The van der Waals surface area contributed by atoms with E-state index in [1.165, 1.54) is 10.6 Å². The number of hydrogen-bond acceptors (Lipinski definition) is 6. The molecule has 0 bridgehead atoms. The van der Waals surface area contributed by atoms with Crippen LogP contribution in [0, 0.1) is 0 Å². The Morgan fingerprint density at radius 1 is 1.15 bits per heavy atom. The zero-order chi connectivity index (χ0) is 24.0. The Morgan fingerprint density at radius 2 is 1.85 bits per heavy atom. The molecular weight excluding hydrogens is 450 g/mol. The van der Waals surface area contributed by atoms with Gasteiger partial charge >= 0.3 is 5.97 Å². The summed E-state index contributed by atoms with van der Waals surface area (Å²) in [5.74, 6) is -0.806. The third kappa shape index (κ3) is 3.26. The summed E-state index contributed by atoms with van der Waals surface area (Å²) in [5.41, 5.74) is 2.94. The number of amides is 1. The number of fused-ring (bicyclic) bond motifs is 2. The predicted molar refractivity (Wildman–Crippen MR) is 130 cm³/mol. The number of allylic oxidation sites excluding steroid dienone is 1. The lowest BCUT2D eigenvalue weighted by atomic mass is 9.96. The first-order chi connectivity index (χ1) is 16.4. The van der Waals surface area contributed by atoms with Gasteiger partial charge in [0.05, 0.1) is 28.6 Å². The number of carbonyl (C=O) groups is 2. The maximum absolute atomic E-state index is 13.9. The van der Waals surface area contributed by atoms with Gasteiger partial charge in [0.1, 0.15) is 11.1 Å². The molecule has 170 valence electrons. The van der Waals surface area contributed by atoms with Gasteiger partial charge in [-0.15, -0.1) is 0 Å². The number of benzene rings is 2. The number of anilines is 1. The molecule has 0 N–H and O–H groups in total. The minimum absolute atomic E-state index is 0.0450. The summed E-state index contributed by atoms with van der Waals surface area (Å²) in [6.07, 6.45) is 1.49. The summed E-state index contributed by atoms with van der Waals surface area (Å²) in [4.78, 5) is 46.6. The van der Waals surface area contributed by atoms with Gasteiger partial charge in [0.25, 0.3) is 11.5 Å². The fourth-order valence-electron chi connectivity index (χ4n) is 4.39. The minimum atomic E-state index is -0.728. The van der Waals surface area contributed by atoms with Crippen molar-refractivity contribution in [3.63, 3.8) is 0 Å². The van der Waals surface area contributed by atoms with Crippen LogP contribution in [0.1, 0.15) is 24.1 Å². The molecule has 0 aliphatic carbocycles. The third-order valence-electron chi connectivity index (χ3n) is 5.95. The lowest BCUT2D eigenvalue weighted by Crippen LogP contribution is -2.40. The van der Waals surface area contributed by atoms with Crippen molar-refractivity contribution in [2.75, 3.05) is 18.6 Å². The van der Waals surface area contributed by atoms with Crippen LogP contribution >= 0.6 is 11.3 Å². The summed E-state index contributed by atoms with van der Waals surface area (Å²) >= 11 is 1.16. The van der Waals surface area contributed by atoms with Gasteiger partial charge < -0.3 is 9.64 Å². The number of rotatable bonds is 4. The average molecular weight is 472 g/mol. The van der Waals surface area contributed by atoms with E-state index in [1.54, 1.807) is 18.9 Å². The number of nitrogens with zero attached hydrogens (tertiary/aromatic N) is 3. The number of thiazole rings is 1. The smallest absolute Gasteiger partial charge is 0.338 e. The van der Waals surface area contributed by atoms with Crippen molar-refractivity contribution < 1.29 is 14.3 Å². The molecule has 34 heavy (non-hydrogen) atoms. The number of aromatic nitrogens is 1. The second-order valence-corrected chi connectivity index (χ2v) is 8.93. The monoisotopic (exact) mass is 471 g/mol.